The van der Waals surface area contributed by atoms with E-state index in [-0.39, 0.29) is 5.91 Å². The van der Waals surface area contributed by atoms with Gasteiger partial charge in [-0.3, -0.25) is 4.79 Å². The second kappa shape index (κ2) is 7.95. The number of nitrogens with zero attached hydrogens (tertiary/aromatic N) is 2. The van der Waals surface area contributed by atoms with Gasteiger partial charge in [0.25, 0.3) is 5.91 Å². The summed E-state index contributed by atoms with van der Waals surface area (Å²) in [5, 5.41) is 4.46. The molecule has 1 aromatic carbocycles. The fourth-order valence-corrected chi connectivity index (χ4v) is 2.86. The quantitative estimate of drug-likeness (QED) is 0.722. The van der Waals surface area contributed by atoms with Gasteiger partial charge in [0, 0.05) is 5.69 Å². The number of rotatable bonds is 7. The van der Waals surface area contributed by atoms with E-state index in [1.165, 1.54) is 18.4 Å². The molecule has 0 amide bonds. The van der Waals surface area contributed by atoms with Gasteiger partial charge < -0.3 is 4.74 Å². The first-order chi connectivity index (χ1) is 11.1. The molecule has 2 aromatic rings. The number of hydrogen-bond acceptors (Lipinski definition) is 3. The van der Waals surface area contributed by atoms with Gasteiger partial charge in [0.2, 0.25) is 0 Å². The number of aromatic nitrogens is 2. The average molecular weight is 314 g/mol. The van der Waals surface area contributed by atoms with Gasteiger partial charge in [0.05, 0.1) is 19.2 Å². The summed E-state index contributed by atoms with van der Waals surface area (Å²) in [5.41, 5.74) is 4.11. The lowest BCUT2D eigenvalue weighted by Crippen LogP contribution is -2.17. The molecule has 1 aromatic heterocycles. The molecular weight excluding hydrogens is 288 g/mol. The normalized spacial score (nSPS) is 10.8. The van der Waals surface area contributed by atoms with Gasteiger partial charge in [0.1, 0.15) is 5.75 Å². The summed E-state index contributed by atoms with van der Waals surface area (Å²) in [6, 6.07) is 7.61. The zero-order valence-corrected chi connectivity index (χ0v) is 14.6. The monoisotopic (exact) mass is 314 g/mol. The maximum atomic E-state index is 12.6. The number of aryl methyl sites for hydroxylation is 1. The molecule has 2 rings (SSSR count). The third-order valence-electron chi connectivity index (χ3n) is 4.20. The van der Waals surface area contributed by atoms with E-state index in [1.54, 1.807) is 11.8 Å². The average Bonchev–Trinajstić information content (AvgIpc) is 2.83. The van der Waals surface area contributed by atoms with Crippen molar-refractivity contribution in [1.29, 1.82) is 0 Å². The van der Waals surface area contributed by atoms with Crippen LogP contribution in [0.3, 0.4) is 0 Å². The second-order valence-corrected chi connectivity index (χ2v) is 5.94. The number of carbonyl (C=O) groups is 1. The highest BCUT2D eigenvalue weighted by molar-refractivity contribution is 5.81. The van der Waals surface area contributed by atoms with Crippen molar-refractivity contribution in [1.82, 2.24) is 9.78 Å². The first-order valence-electron chi connectivity index (χ1n) is 8.28. The first-order valence-corrected chi connectivity index (χ1v) is 8.28. The summed E-state index contributed by atoms with van der Waals surface area (Å²) in [5.74, 6) is 0.768. The van der Waals surface area contributed by atoms with E-state index in [4.69, 9.17) is 4.74 Å². The lowest BCUT2D eigenvalue weighted by atomic mass is 10.1. The van der Waals surface area contributed by atoms with Crippen molar-refractivity contribution in [3.05, 3.63) is 46.8 Å². The van der Waals surface area contributed by atoms with Crippen LogP contribution in [0.25, 0.3) is 0 Å². The molecule has 4 nitrogen and oxygen atoms in total. The molecule has 0 saturated heterocycles. The van der Waals surface area contributed by atoms with Crippen LogP contribution in [0.5, 0.6) is 5.75 Å². The number of ether oxygens (including phenoxy) is 1. The number of unbranched alkanes of at least 4 members (excludes halogenated alkanes) is 2. The second-order valence-electron chi connectivity index (χ2n) is 5.94. The van der Waals surface area contributed by atoms with Gasteiger partial charge in [-0.15, -0.1) is 0 Å². The van der Waals surface area contributed by atoms with Crippen molar-refractivity contribution < 1.29 is 9.53 Å². The fourth-order valence-electron chi connectivity index (χ4n) is 2.86. The molecule has 23 heavy (non-hydrogen) atoms. The topological polar surface area (TPSA) is 44.1 Å². The van der Waals surface area contributed by atoms with Crippen LogP contribution >= 0.6 is 0 Å². The predicted molar refractivity (Wildman–Crippen MR) is 92.3 cm³/mol. The standard InChI is InChI=1S/C19H26N2O2/c1-5-6-7-11-18-14(2)20-21(15(18)3)19(22)13-16-9-8-10-17(12-16)23-4/h8-10,12H,5-7,11,13H2,1-4H3. The van der Waals surface area contributed by atoms with Gasteiger partial charge in [-0.25, -0.2) is 4.68 Å². The van der Waals surface area contributed by atoms with Crippen LogP contribution in [0.4, 0.5) is 0 Å². The van der Waals surface area contributed by atoms with E-state index >= 15 is 0 Å². The zero-order valence-electron chi connectivity index (χ0n) is 14.6. The Morgan fingerprint density at radius 2 is 2.04 bits per heavy atom. The summed E-state index contributed by atoms with van der Waals surface area (Å²) in [6.45, 7) is 6.18. The third-order valence-corrected chi connectivity index (χ3v) is 4.20. The number of methoxy groups -OCH3 is 1. The van der Waals surface area contributed by atoms with Crippen LogP contribution in [0, 0.1) is 13.8 Å². The summed E-state index contributed by atoms with van der Waals surface area (Å²) < 4.78 is 6.78. The molecule has 0 aliphatic carbocycles. The molecule has 0 aliphatic rings. The Morgan fingerprint density at radius 3 is 2.74 bits per heavy atom. The Balaban J connectivity index is 2.14. The molecule has 1 heterocycles. The molecule has 0 N–H and O–H groups in total. The highest BCUT2D eigenvalue weighted by atomic mass is 16.5. The van der Waals surface area contributed by atoms with Gasteiger partial charge in [0.15, 0.2) is 0 Å². The first kappa shape index (κ1) is 17.3. The van der Waals surface area contributed by atoms with E-state index in [1.807, 2.05) is 38.1 Å². The Hall–Kier alpha value is -2.10. The molecule has 124 valence electrons. The lowest BCUT2D eigenvalue weighted by molar-refractivity contribution is 0.0895. The smallest absolute Gasteiger partial charge is 0.251 e. The maximum absolute atomic E-state index is 12.6. The zero-order chi connectivity index (χ0) is 16.8. The summed E-state index contributed by atoms with van der Waals surface area (Å²) in [4.78, 5) is 12.6. The Morgan fingerprint density at radius 1 is 1.26 bits per heavy atom. The van der Waals surface area contributed by atoms with Crippen molar-refractivity contribution in [3.63, 3.8) is 0 Å². The summed E-state index contributed by atoms with van der Waals surface area (Å²) in [6.07, 6.45) is 4.88. The van der Waals surface area contributed by atoms with Gasteiger partial charge in [-0.2, -0.15) is 5.10 Å². The number of benzene rings is 1. The highest BCUT2D eigenvalue weighted by Gasteiger charge is 2.16. The van der Waals surface area contributed by atoms with Crippen LogP contribution in [0.2, 0.25) is 0 Å². The highest BCUT2D eigenvalue weighted by Crippen LogP contribution is 2.18. The third kappa shape index (κ3) is 4.21. The maximum Gasteiger partial charge on any atom is 0.251 e. The van der Waals surface area contributed by atoms with E-state index in [2.05, 4.69) is 12.0 Å². The Labute approximate surface area is 138 Å². The molecule has 4 heteroatoms. The van der Waals surface area contributed by atoms with Crippen LogP contribution in [-0.4, -0.2) is 22.8 Å². The van der Waals surface area contributed by atoms with Gasteiger partial charge in [-0.1, -0.05) is 31.9 Å². The molecule has 0 radical (unpaired) electrons. The van der Waals surface area contributed by atoms with E-state index < -0.39 is 0 Å². The van der Waals surface area contributed by atoms with Crippen LogP contribution in [0.15, 0.2) is 24.3 Å². The van der Waals surface area contributed by atoms with E-state index in [0.717, 1.165) is 35.5 Å². The Bertz CT molecular complexity index is 674. The molecule has 0 saturated carbocycles. The predicted octanol–water partition coefficient (Wildman–Crippen LogP) is 4.12. The van der Waals surface area contributed by atoms with E-state index in [0.29, 0.717) is 6.42 Å². The lowest BCUT2D eigenvalue weighted by Gasteiger charge is -2.06. The van der Waals surface area contributed by atoms with Crippen molar-refractivity contribution >= 4 is 5.91 Å². The number of carbonyl (C=O) groups excluding carboxylic acids is 1. The minimum absolute atomic E-state index is 0.000551. The molecular formula is C19H26N2O2. The largest absolute Gasteiger partial charge is 0.497 e. The van der Waals surface area contributed by atoms with Gasteiger partial charge in [-0.05, 0) is 49.9 Å². The van der Waals surface area contributed by atoms with Gasteiger partial charge >= 0.3 is 0 Å². The van der Waals surface area contributed by atoms with Crippen molar-refractivity contribution in [2.75, 3.05) is 7.11 Å². The fraction of sp³-hybridized carbons (Fsp3) is 0.474. The SMILES string of the molecule is CCCCCc1c(C)nn(C(=O)Cc2cccc(OC)c2)c1C. The van der Waals surface area contributed by atoms with Crippen molar-refractivity contribution in [2.45, 2.75) is 52.9 Å². The molecule has 0 atom stereocenters. The van der Waals surface area contributed by atoms with Crippen LogP contribution in [-0.2, 0) is 12.8 Å². The molecule has 0 aliphatic heterocycles. The van der Waals surface area contributed by atoms with E-state index in [9.17, 15) is 4.79 Å². The van der Waals surface area contributed by atoms with Crippen molar-refractivity contribution in [2.24, 2.45) is 0 Å². The summed E-state index contributed by atoms with van der Waals surface area (Å²) >= 11 is 0. The minimum atomic E-state index is 0.000551. The van der Waals surface area contributed by atoms with Crippen LogP contribution < -0.4 is 4.74 Å². The van der Waals surface area contributed by atoms with Crippen LogP contribution in [0.1, 0.15) is 53.5 Å². The molecule has 0 fully saturated rings. The summed E-state index contributed by atoms with van der Waals surface area (Å²) in [7, 11) is 1.63. The molecule has 0 bridgehead atoms. The Kier molecular flexibility index (Phi) is 5.97. The molecule has 0 unspecified atom stereocenters. The molecule has 0 spiro atoms. The van der Waals surface area contributed by atoms with Crippen molar-refractivity contribution in [3.8, 4) is 5.75 Å². The minimum Gasteiger partial charge on any atom is -0.497 e. The number of hydrogen-bond donors (Lipinski definition) is 0.